The summed E-state index contributed by atoms with van der Waals surface area (Å²) in [5, 5.41) is 11.8. The molecule has 0 bridgehead atoms. The molecule has 7 rings (SSSR count). The van der Waals surface area contributed by atoms with Crippen molar-refractivity contribution in [2.45, 2.75) is 50.8 Å². The Morgan fingerprint density at radius 3 is 2.57 bits per heavy atom. The molecule has 0 radical (unpaired) electrons. The third-order valence-electron chi connectivity index (χ3n) is 9.90. The molecule has 4 aromatic rings. The number of likely N-dealkylation sites (tertiary alicyclic amines) is 1. The van der Waals surface area contributed by atoms with Gasteiger partial charge in [0.2, 0.25) is 0 Å². The number of anilines is 2. The van der Waals surface area contributed by atoms with Crippen LogP contribution in [0.3, 0.4) is 0 Å². The van der Waals surface area contributed by atoms with Gasteiger partial charge in [-0.1, -0.05) is 66.7 Å². The Balaban J connectivity index is 1.19. The molecule has 2 fully saturated rings. The van der Waals surface area contributed by atoms with Crippen LogP contribution in [0.5, 0.6) is 6.01 Å². The van der Waals surface area contributed by atoms with E-state index in [4.69, 9.17) is 19.4 Å². The van der Waals surface area contributed by atoms with Gasteiger partial charge in [0.25, 0.3) is 5.91 Å². The predicted molar refractivity (Wildman–Crippen MR) is 187 cm³/mol. The number of nitrogens with zero attached hydrogens (tertiary/aromatic N) is 7. The van der Waals surface area contributed by atoms with Crippen LogP contribution in [0.2, 0.25) is 0 Å². The second-order valence-electron chi connectivity index (χ2n) is 13.0. The number of rotatable bonds is 8. The van der Waals surface area contributed by atoms with Crippen molar-refractivity contribution in [2.24, 2.45) is 0 Å². The van der Waals surface area contributed by atoms with Crippen molar-refractivity contribution in [3.63, 3.8) is 0 Å². The maximum Gasteiger partial charge on any atom is 0.410 e. The van der Waals surface area contributed by atoms with Crippen LogP contribution in [-0.2, 0) is 17.8 Å². The molecule has 11 nitrogen and oxygen atoms in total. The van der Waals surface area contributed by atoms with Crippen molar-refractivity contribution in [1.82, 2.24) is 19.8 Å². The molecule has 49 heavy (non-hydrogen) atoms. The molecular formula is C38H41N7O4. The summed E-state index contributed by atoms with van der Waals surface area (Å²) in [6.07, 6.45) is 3.15. The van der Waals surface area contributed by atoms with Crippen LogP contribution in [0.1, 0.15) is 47.3 Å². The minimum absolute atomic E-state index is 0.134. The number of piperazine rings is 1. The number of likely N-dealkylation sites (N-methyl/N-ethyl adjacent to an activating group) is 1. The molecular weight excluding hydrogens is 618 g/mol. The van der Waals surface area contributed by atoms with Gasteiger partial charge in [0.15, 0.2) is 0 Å². The highest BCUT2D eigenvalue weighted by molar-refractivity contribution is 6.11. The lowest BCUT2D eigenvalue weighted by Gasteiger charge is -2.41. The fourth-order valence-electron chi connectivity index (χ4n) is 7.23. The summed E-state index contributed by atoms with van der Waals surface area (Å²) >= 11 is 0. The van der Waals surface area contributed by atoms with Crippen molar-refractivity contribution >= 4 is 34.3 Å². The third-order valence-corrected chi connectivity index (χ3v) is 9.90. The summed E-state index contributed by atoms with van der Waals surface area (Å²) in [6, 6.07) is 25.9. The van der Waals surface area contributed by atoms with Gasteiger partial charge in [-0.3, -0.25) is 4.79 Å². The Kier molecular flexibility index (Phi) is 9.57. The van der Waals surface area contributed by atoms with E-state index in [2.05, 4.69) is 35.0 Å². The first-order valence-electron chi connectivity index (χ1n) is 17.1. The van der Waals surface area contributed by atoms with Gasteiger partial charge in [0.1, 0.15) is 24.7 Å². The molecule has 2 saturated heterocycles. The zero-order valence-corrected chi connectivity index (χ0v) is 27.8. The molecule has 11 heteroatoms. The molecule has 0 spiro atoms. The molecule has 3 aliphatic rings. The first-order valence-corrected chi connectivity index (χ1v) is 17.1. The summed E-state index contributed by atoms with van der Waals surface area (Å²) in [5.41, 5.74) is 2.86. The van der Waals surface area contributed by atoms with Gasteiger partial charge in [-0.2, -0.15) is 15.2 Å². The van der Waals surface area contributed by atoms with Crippen LogP contribution in [0, 0.1) is 11.3 Å². The van der Waals surface area contributed by atoms with Gasteiger partial charge in [-0.05, 0) is 56.3 Å². The van der Waals surface area contributed by atoms with Gasteiger partial charge in [0.05, 0.1) is 24.2 Å². The first kappa shape index (κ1) is 32.3. The largest absolute Gasteiger partial charge is 0.462 e. The number of aromatic nitrogens is 2. The zero-order chi connectivity index (χ0) is 33.7. The normalized spacial score (nSPS) is 19.8. The Morgan fingerprint density at radius 2 is 1.76 bits per heavy atom. The SMILES string of the molecule is CN1CCCC1COc1nc2c(c(N3CCN(C(=O)OCc4ccccc4)C(CC#N)C3)n1)CCCN(c1cccc3ccccc13)C2=O. The molecule has 252 valence electrons. The number of amides is 2. The van der Waals surface area contributed by atoms with Crippen LogP contribution in [-0.4, -0.2) is 90.2 Å². The number of hydrogen-bond donors (Lipinski definition) is 0. The molecule has 3 aliphatic heterocycles. The summed E-state index contributed by atoms with van der Waals surface area (Å²) < 4.78 is 11.9. The fourth-order valence-corrected chi connectivity index (χ4v) is 7.23. The first-order chi connectivity index (χ1) is 24.0. The maximum atomic E-state index is 14.5. The van der Waals surface area contributed by atoms with Crippen LogP contribution >= 0.6 is 0 Å². The summed E-state index contributed by atoms with van der Waals surface area (Å²) in [5.74, 6) is 0.445. The van der Waals surface area contributed by atoms with Crippen molar-refractivity contribution in [3.8, 4) is 12.1 Å². The Bertz CT molecular complexity index is 1860. The monoisotopic (exact) mass is 659 g/mol. The molecule has 2 atom stereocenters. The zero-order valence-electron chi connectivity index (χ0n) is 27.8. The highest BCUT2D eigenvalue weighted by atomic mass is 16.6. The summed E-state index contributed by atoms with van der Waals surface area (Å²) in [6.45, 7) is 3.29. The van der Waals surface area contributed by atoms with Gasteiger partial charge in [-0.25, -0.2) is 4.79 Å². The Labute approximate surface area is 286 Å². The number of benzene rings is 3. The topological polar surface area (TPSA) is 115 Å². The molecule has 4 heterocycles. The van der Waals surface area contributed by atoms with E-state index in [1.54, 1.807) is 4.90 Å². The van der Waals surface area contributed by atoms with Crippen LogP contribution in [0.4, 0.5) is 16.3 Å². The molecule has 2 amide bonds. The van der Waals surface area contributed by atoms with Crippen LogP contribution in [0.25, 0.3) is 10.8 Å². The maximum absolute atomic E-state index is 14.5. The molecule has 3 aromatic carbocycles. The number of ether oxygens (including phenoxy) is 2. The van der Waals surface area contributed by atoms with E-state index in [0.29, 0.717) is 50.7 Å². The van der Waals surface area contributed by atoms with E-state index < -0.39 is 12.1 Å². The van der Waals surface area contributed by atoms with Gasteiger partial charge < -0.3 is 29.1 Å². The molecule has 1 aromatic heterocycles. The number of carbonyl (C=O) groups excluding carboxylic acids is 2. The highest BCUT2D eigenvalue weighted by Gasteiger charge is 2.36. The molecule has 2 unspecified atom stereocenters. The van der Waals surface area contributed by atoms with Crippen LogP contribution in [0.15, 0.2) is 72.8 Å². The van der Waals surface area contributed by atoms with E-state index in [1.165, 1.54) is 0 Å². The number of nitriles is 1. The minimum Gasteiger partial charge on any atom is -0.462 e. The van der Waals surface area contributed by atoms with E-state index in [0.717, 1.165) is 53.4 Å². The Morgan fingerprint density at radius 1 is 0.939 bits per heavy atom. The lowest BCUT2D eigenvalue weighted by atomic mass is 10.1. The van der Waals surface area contributed by atoms with E-state index >= 15 is 0 Å². The number of fused-ring (bicyclic) bond motifs is 2. The quantitative estimate of drug-likeness (QED) is 0.244. The molecule has 0 saturated carbocycles. The Hall–Kier alpha value is -5.21. The van der Waals surface area contributed by atoms with Crippen molar-refractivity contribution in [1.29, 1.82) is 5.26 Å². The van der Waals surface area contributed by atoms with Gasteiger partial charge in [-0.15, -0.1) is 0 Å². The minimum atomic E-state index is -0.448. The predicted octanol–water partition coefficient (Wildman–Crippen LogP) is 5.44. The lowest BCUT2D eigenvalue weighted by Crippen LogP contribution is -2.55. The average molecular weight is 660 g/mol. The smallest absolute Gasteiger partial charge is 0.410 e. The standard InChI is InChI=1S/C38H41N7O4/c1-42-20-8-14-30(42)26-48-37-40-34-32(16-9-21-45(36(34)46)33-17-7-13-28-12-5-6-15-31(28)33)35(41-37)43-22-23-44(29(24-43)18-19-39)38(47)49-25-27-10-3-2-4-11-27/h2-7,10-13,15,17,29-30H,8-9,14,16,18,20-26H2,1H3. The fraction of sp³-hybridized carbons (Fsp3) is 0.395. The average Bonchev–Trinajstić information content (AvgIpc) is 3.48. The third kappa shape index (κ3) is 6.87. The van der Waals surface area contributed by atoms with Crippen molar-refractivity contribution in [2.75, 3.05) is 56.2 Å². The second kappa shape index (κ2) is 14.5. The molecule has 0 aliphatic carbocycles. The van der Waals surface area contributed by atoms with Crippen molar-refractivity contribution in [3.05, 3.63) is 89.6 Å². The van der Waals surface area contributed by atoms with Gasteiger partial charge >= 0.3 is 12.1 Å². The number of hydrogen-bond acceptors (Lipinski definition) is 9. The van der Waals surface area contributed by atoms with E-state index in [1.807, 2.05) is 65.6 Å². The van der Waals surface area contributed by atoms with Crippen LogP contribution < -0.4 is 14.5 Å². The summed E-state index contributed by atoms with van der Waals surface area (Å²) in [7, 11) is 2.09. The van der Waals surface area contributed by atoms with E-state index in [-0.39, 0.29) is 31.0 Å². The van der Waals surface area contributed by atoms with Crippen molar-refractivity contribution < 1.29 is 19.1 Å². The number of carbonyl (C=O) groups is 2. The molecule has 0 N–H and O–H groups in total. The second-order valence-corrected chi connectivity index (χ2v) is 13.0. The van der Waals surface area contributed by atoms with Gasteiger partial charge in [0, 0.05) is 43.2 Å². The summed E-state index contributed by atoms with van der Waals surface area (Å²) in [4.78, 5) is 45.3. The van der Waals surface area contributed by atoms with E-state index in [9.17, 15) is 14.9 Å². The lowest BCUT2D eigenvalue weighted by molar-refractivity contribution is 0.0767. The highest BCUT2D eigenvalue weighted by Crippen LogP contribution is 2.34.